The summed E-state index contributed by atoms with van der Waals surface area (Å²) in [6, 6.07) is 7.91. The predicted octanol–water partition coefficient (Wildman–Crippen LogP) is 3.13. The number of aromatic nitrogens is 1. The Bertz CT molecular complexity index is 1180. The van der Waals surface area contributed by atoms with Crippen LogP contribution < -0.4 is 10.6 Å². The van der Waals surface area contributed by atoms with Crippen molar-refractivity contribution >= 4 is 40.2 Å². The molecule has 1 spiro atoms. The third-order valence-electron chi connectivity index (χ3n) is 7.69. The highest BCUT2D eigenvalue weighted by atomic mass is 35.5. The lowest BCUT2D eigenvalue weighted by atomic mass is 9.67. The van der Waals surface area contributed by atoms with Gasteiger partial charge in [-0.05, 0) is 62.1 Å². The first-order valence-electron chi connectivity index (χ1n) is 11.9. The van der Waals surface area contributed by atoms with Crippen LogP contribution in [0, 0.1) is 22.7 Å². The summed E-state index contributed by atoms with van der Waals surface area (Å²) in [5, 5.41) is 16.8. The van der Waals surface area contributed by atoms with Gasteiger partial charge in [0.1, 0.15) is 17.8 Å². The number of carbonyl (C=O) groups excluding carboxylic acids is 3. The maximum absolute atomic E-state index is 13.5. The van der Waals surface area contributed by atoms with Crippen LogP contribution in [0.1, 0.15) is 55.4 Å². The molecule has 3 heterocycles. The van der Waals surface area contributed by atoms with Crippen LogP contribution in [-0.2, 0) is 9.59 Å². The zero-order chi connectivity index (χ0) is 23.9. The quantitative estimate of drug-likeness (QED) is 0.607. The number of nitrogens with one attached hydrogen (secondary N) is 3. The van der Waals surface area contributed by atoms with Gasteiger partial charge in [-0.3, -0.25) is 14.4 Å². The molecule has 1 saturated carbocycles. The van der Waals surface area contributed by atoms with Crippen LogP contribution in [0.3, 0.4) is 0 Å². The second-order valence-corrected chi connectivity index (χ2v) is 10.4. The summed E-state index contributed by atoms with van der Waals surface area (Å²) in [5.41, 5.74) is 1.16. The van der Waals surface area contributed by atoms with Crippen LogP contribution in [0.4, 0.5) is 0 Å². The Morgan fingerprint density at radius 1 is 1.29 bits per heavy atom. The van der Waals surface area contributed by atoms with Crippen LogP contribution in [0.15, 0.2) is 24.3 Å². The Hall–Kier alpha value is -3.05. The summed E-state index contributed by atoms with van der Waals surface area (Å²) in [4.78, 5) is 43.8. The van der Waals surface area contributed by atoms with Gasteiger partial charge in [-0.2, -0.15) is 5.26 Å². The first-order chi connectivity index (χ1) is 16.4. The van der Waals surface area contributed by atoms with Gasteiger partial charge in [-0.1, -0.05) is 24.1 Å². The molecule has 1 aliphatic carbocycles. The second-order valence-electron chi connectivity index (χ2n) is 9.98. The van der Waals surface area contributed by atoms with E-state index in [1.165, 1.54) is 0 Å². The van der Waals surface area contributed by atoms with E-state index in [1.807, 2.05) is 6.07 Å². The molecule has 0 radical (unpaired) electrons. The largest absolute Gasteiger partial charge is 0.356 e. The fraction of sp³-hybridized carbons (Fsp3) is 0.520. The zero-order valence-corrected chi connectivity index (χ0v) is 19.7. The monoisotopic (exact) mass is 481 g/mol. The van der Waals surface area contributed by atoms with Crippen LogP contribution in [-0.4, -0.2) is 52.8 Å². The van der Waals surface area contributed by atoms with Gasteiger partial charge in [0.15, 0.2) is 0 Å². The van der Waals surface area contributed by atoms with Crippen LogP contribution >= 0.6 is 11.6 Å². The molecule has 5 rings (SSSR count). The highest BCUT2D eigenvalue weighted by Crippen LogP contribution is 2.50. The van der Waals surface area contributed by atoms with Crippen molar-refractivity contribution in [3.05, 3.63) is 35.0 Å². The first-order valence-corrected chi connectivity index (χ1v) is 12.3. The summed E-state index contributed by atoms with van der Waals surface area (Å²) in [7, 11) is 0. The molecule has 2 saturated heterocycles. The maximum Gasteiger partial charge on any atom is 0.271 e. The van der Waals surface area contributed by atoms with Crippen LogP contribution in [0.5, 0.6) is 0 Å². The molecule has 1 aromatic heterocycles. The SMILES string of the molecule is N#C[C@H](C[C@@H]1CCCNC1=O)NC(=O)[C@H]1CC2(CCC2)CN1C(=O)c1cc2ccc(Cl)cc2[nH]1. The highest BCUT2D eigenvalue weighted by Gasteiger charge is 2.52. The van der Waals surface area contributed by atoms with Crippen molar-refractivity contribution in [2.75, 3.05) is 13.1 Å². The molecule has 178 valence electrons. The van der Waals surface area contributed by atoms with Gasteiger partial charge in [0.2, 0.25) is 11.8 Å². The lowest BCUT2D eigenvalue weighted by Gasteiger charge is -2.37. The number of aromatic amines is 1. The highest BCUT2D eigenvalue weighted by molar-refractivity contribution is 6.31. The number of fused-ring (bicyclic) bond motifs is 1. The summed E-state index contributed by atoms with van der Waals surface area (Å²) >= 11 is 6.08. The smallest absolute Gasteiger partial charge is 0.271 e. The van der Waals surface area contributed by atoms with Crippen molar-refractivity contribution in [1.29, 1.82) is 5.26 Å². The number of likely N-dealkylation sites (tertiary alicyclic amines) is 1. The van der Waals surface area contributed by atoms with Gasteiger partial charge in [0, 0.05) is 34.9 Å². The number of hydrogen-bond acceptors (Lipinski definition) is 4. The molecular formula is C25H28ClN5O3. The number of piperidine rings is 1. The van der Waals surface area contributed by atoms with E-state index in [1.54, 1.807) is 23.1 Å². The molecule has 34 heavy (non-hydrogen) atoms. The number of carbonyl (C=O) groups is 3. The van der Waals surface area contributed by atoms with Crippen molar-refractivity contribution in [2.45, 2.75) is 57.0 Å². The molecular weight excluding hydrogens is 454 g/mol. The molecule has 2 aromatic rings. The maximum atomic E-state index is 13.5. The van der Waals surface area contributed by atoms with E-state index in [2.05, 4.69) is 21.7 Å². The summed E-state index contributed by atoms with van der Waals surface area (Å²) in [6.45, 7) is 1.18. The minimum Gasteiger partial charge on any atom is -0.356 e. The minimum absolute atomic E-state index is 0.0294. The zero-order valence-electron chi connectivity index (χ0n) is 18.9. The predicted molar refractivity (Wildman–Crippen MR) is 127 cm³/mol. The van der Waals surface area contributed by atoms with Crippen molar-refractivity contribution in [2.24, 2.45) is 11.3 Å². The Labute approximate surface area is 203 Å². The topological polar surface area (TPSA) is 118 Å². The number of halogens is 1. The lowest BCUT2D eigenvalue weighted by Crippen LogP contribution is -2.49. The number of nitrogens with zero attached hydrogens (tertiary/aromatic N) is 2. The molecule has 3 N–H and O–H groups in total. The van der Waals surface area contributed by atoms with Gasteiger partial charge >= 0.3 is 0 Å². The fourth-order valence-electron chi connectivity index (χ4n) is 5.67. The number of amides is 3. The van der Waals surface area contributed by atoms with Crippen molar-refractivity contribution in [3.63, 3.8) is 0 Å². The third kappa shape index (κ3) is 4.25. The molecule has 3 amide bonds. The number of nitriles is 1. The van der Waals surface area contributed by atoms with E-state index < -0.39 is 12.1 Å². The number of rotatable bonds is 5. The van der Waals surface area contributed by atoms with Crippen molar-refractivity contribution < 1.29 is 14.4 Å². The Kier molecular flexibility index (Phi) is 5.98. The normalized spacial score (nSPS) is 24.4. The molecule has 3 fully saturated rings. The Morgan fingerprint density at radius 3 is 2.82 bits per heavy atom. The molecule has 1 aromatic carbocycles. The fourth-order valence-corrected chi connectivity index (χ4v) is 5.84. The molecule has 3 aliphatic rings. The van der Waals surface area contributed by atoms with Gasteiger partial charge in [-0.25, -0.2) is 0 Å². The molecule has 0 unspecified atom stereocenters. The Morgan fingerprint density at radius 2 is 2.12 bits per heavy atom. The van der Waals surface area contributed by atoms with Gasteiger partial charge < -0.3 is 20.5 Å². The van der Waals surface area contributed by atoms with Crippen molar-refractivity contribution in [1.82, 2.24) is 20.5 Å². The third-order valence-corrected chi connectivity index (χ3v) is 7.93. The van der Waals surface area contributed by atoms with Gasteiger partial charge in [-0.15, -0.1) is 0 Å². The van der Waals surface area contributed by atoms with Gasteiger partial charge in [0.05, 0.1) is 6.07 Å². The van der Waals surface area contributed by atoms with E-state index in [0.29, 0.717) is 36.6 Å². The van der Waals surface area contributed by atoms with Crippen LogP contribution in [0.2, 0.25) is 5.02 Å². The number of hydrogen-bond donors (Lipinski definition) is 3. The van der Waals surface area contributed by atoms with E-state index >= 15 is 0 Å². The molecule has 8 nitrogen and oxygen atoms in total. The van der Waals surface area contributed by atoms with E-state index in [-0.39, 0.29) is 35.5 Å². The number of benzene rings is 1. The second kappa shape index (κ2) is 8.95. The van der Waals surface area contributed by atoms with E-state index in [9.17, 15) is 19.6 Å². The average molecular weight is 482 g/mol. The molecule has 2 aliphatic heterocycles. The summed E-state index contributed by atoms with van der Waals surface area (Å²) in [6.07, 6.45) is 5.53. The van der Waals surface area contributed by atoms with Crippen LogP contribution in [0.25, 0.3) is 10.9 Å². The van der Waals surface area contributed by atoms with Crippen molar-refractivity contribution in [3.8, 4) is 6.07 Å². The average Bonchev–Trinajstić information content (AvgIpc) is 3.41. The summed E-state index contributed by atoms with van der Waals surface area (Å²) in [5.74, 6) is -0.891. The Balaban J connectivity index is 1.33. The minimum atomic E-state index is -0.772. The van der Waals surface area contributed by atoms with Gasteiger partial charge in [0.25, 0.3) is 5.91 Å². The first kappa shape index (κ1) is 22.7. The van der Waals surface area contributed by atoms with E-state index in [4.69, 9.17) is 11.6 Å². The molecule has 3 atom stereocenters. The molecule has 0 bridgehead atoms. The molecule has 9 heteroatoms. The number of H-pyrrole nitrogens is 1. The summed E-state index contributed by atoms with van der Waals surface area (Å²) < 4.78 is 0. The standard InChI is InChI=1S/C25H28ClN5O3/c26-17-5-4-15-10-20(30-19(15)11-17)24(34)31-14-25(6-2-7-25)12-21(31)23(33)29-18(13-27)9-16-3-1-8-28-22(16)32/h4-5,10-11,16,18,21,30H,1-3,6-9,12,14H2,(H,28,32)(H,29,33)/t16-,18-,21+/m0/s1. The van der Waals surface area contributed by atoms with E-state index in [0.717, 1.165) is 36.6 Å². The lowest BCUT2D eigenvalue weighted by molar-refractivity contribution is -0.128.